The van der Waals surface area contributed by atoms with Crippen molar-refractivity contribution in [3.8, 4) is 0 Å². The van der Waals surface area contributed by atoms with E-state index in [9.17, 15) is 14.4 Å². The van der Waals surface area contributed by atoms with Crippen LogP contribution >= 0.6 is 0 Å². The molecule has 0 aromatic heterocycles. The van der Waals surface area contributed by atoms with Gasteiger partial charge in [0.25, 0.3) is 11.8 Å². The number of anilines is 2. The molecule has 0 spiro atoms. The second-order valence-electron chi connectivity index (χ2n) is 8.00. The summed E-state index contributed by atoms with van der Waals surface area (Å²) < 4.78 is 0. The molecule has 1 aliphatic rings. The molecule has 1 heterocycles. The Bertz CT molecular complexity index is 942. The van der Waals surface area contributed by atoms with E-state index in [1.807, 2.05) is 30.9 Å². The van der Waals surface area contributed by atoms with Crippen LogP contribution in [-0.4, -0.2) is 48.3 Å². The molecule has 1 aliphatic heterocycles. The zero-order valence-corrected chi connectivity index (χ0v) is 18.4. The second-order valence-corrected chi connectivity index (χ2v) is 8.00. The molecule has 0 aliphatic carbocycles. The van der Waals surface area contributed by atoms with Crippen molar-refractivity contribution in [2.75, 3.05) is 30.3 Å². The van der Waals surface area contributed by atoms with E-state index < -0.39 is 0 Å². The Morgan fingerprint density at radius 1 is 1.00 bits per heavy atom. The monoisotopic (exact) mass is 423 g/mol. The van der Waals surface area contributed by atoms with Crippen molar-refractivity contribution >= 4 is 29.1 Å². The molecule has 31 heavy (non-hydrogen) atoms. The van der Waals surface area contributed by atoms with Crippen molar-refractivity contribution in [2.45, 2.75) is 39.8 Å². The van der Waals surface area contributed by atoms with Gasteiger partial charge in [-0.25, -0.2) is 0 Å². The average Bonchev–Trinajstić information content (AvgIpc) is 2.77. The molecule has 2 aromatic carbocycles. The van der Waals surface area contributed by atoms with Crippen LogP contribution < -0.4 is 15.5 Å². The average molecular weight is 424 g/mol. The van der Waals surface area contributed by atoms with Crippen LogP contribution in [0.5, 0.6) is 0 Å². The van der Waals surface area contributed by atoms with Crippen molar-refractivity contribution < 1.29 is 19.3 Å². The Hall–Kier alpha value is -3.19. The highest BCUT2D eigenvalue weighted by atomic mass is 16.2. The predicted molar refractivity (Wildman–Crippen MR) is 121 cm³/mol. The van der Waals surface area contributed by atoms with Crippen LogP contribution in [0.25, 0.3) is 0 Å². The molecule has 3 rings (SSSR count). The van der Waals surface area contributed by atoms with Gasteiger partial charge < -0.3 is 20.4 Å². The van der Waals surface area contributed by atoms with Crippen molar-refractivity contribution in [1.29, 1.82) is 0 Å². The first-order valence-electron chi connectivity index (χ1n) is 10.7. The number of nitrogens with zero attached hydrogens (tertiary/aromatic N) is 1. The molecule has 164 valence electrons. The number of nitrogens with one attached hydrogen (secondary N) is 3. The first-order chi connectivity index (χ1) is 14.9. The van der Waals surface area contributed by atoms with Crippen LogP contribution in [0, 0.1) is 0 Å². The normalized spacial score (nSPS) is 14.9. The third-order valence-corrected chi connectivity index (χ3v) is 5.76. The lowest BCUT2D eigenvalue weighted by Crippen LogP contribution is -3.17. The Kier molecular flexibility index (Phi) is 7.41. The zero-order chi connectivity index (χ0) is 22.4. The summed E-state index contributed by atoms with van der Waals surface area (Å²) in [5, 5.41) is 5.57. The zero-order valence-electron chi connectivity index (χ0n) is 18.4. The van der Waals surface area contributed by atoms with Gasteiger partial charge in [-0.1, -0.05) is 24.3 Å². The van der Waals surface area contributed by atoms with E-state index in [0.29, 0.717) is 31.0 Å². The van der Waals surface area contributed by atoms with E-state index in [0.717, 1.165) is 11.3 Å². The van der Waals surface area contributed by atoms with Crippen LogP contribution in [0.3, 0.4) is 0 Å². The predicted octanol–water partition coefficient (Wildman–Crippen LogP) is 1.46. The first-order valence-corrected chi connectivity index (χ1v) is 10.7. The number of benzene rings is 2. The van der Waals surface area contributed by atoms with E-state index >= 15 is 0 Å². The molecule has 1 unspecified atom stereocenters. The number of carbonyl (C=O) groups is 3. The topological polar surface area (TPSA) is 83.0 Å². The first kappa shape index (κ1) is 22.5. The lowest BCUT2D eigenvalue weighted by atomic mass is 9.99. The van der Waals surface area contributed by atoms with Crippen molar-refractivity contribution in [3.63, 3.8) is 0 Å². The van der Waals surface area contributed by atoms with E-state index in [1.165, 1.54) is 18.1 Å². The van der Waals surface area contributed by atoms with Crippen molar-refractivity contribution in [2.24, 2.45) is 0 Å². The highest BCUT2D eigenvalue weighted by Gasteiger charge is 2.31. The minimum Gasteiger partial charge on any atom is -0.333 e. The summed E-state index contributed by atoms with van der Waals surface area (Å²) in [7, 11) is 0. The fourth-order valence-corrected chi connectivity index (χ4v) is 3.97. The van der Waals surface area contributed by atoms with E-state index in [2.05, 4.69) is 22.8 Å². The fraction of sp³-hybridized carbons (Fsp3) is 0.375. The van der Waals surface area contributed by atoms with Gasteiger partial charge in [0.05, 0.1) is 6.54 Å². The molecule has 3 N–H and O–H groups in total. The van der Waals surface area contributed by atoms with Crippen LogP contribution in [-0.2, 0) is 27.3 Å². The number of fused-ring (bicyclic) bond motifs is 1. The maximum atomic E-state index is 13.1. The van der Waals surface area contributed by atoms with E-state index in [1.54, 1.807) is 24.3 Å². The molecule has 2 aromatic rings. The Morgan fingerprint density at radius 2 is 1.61 bits per heavy atom. The molecule has 0 fully saturated rings. The lowest BCUT2D eigenvalue weighted by molar-refractivity contribution is -0.904. The van der Waals surface area contributed by atoms with Crippen LogP contribution in [0.1, 0.15) is 31.9 Å². The number of rotatable bonds is 7. The highest BCUT2D eigenvalue weighted by Crippen LogP contribution is 2.18. The number of hydrogen-bond acceptors (Lipinski definition) is 3. The van der Waals surface area contributed by atoms with Gasteiger partial charge in [0.2, 0.25) is 5.91 Å². The Morgan fingerprint density at radius 3 is 2.23 bits per heavy atom. The smallest absolute Gasteiger partial charge is 0.280 e. The number of likely N-dealkylation sites (N-methyl/N-ethyl adjacent to an activating group) is 1. The molecule has 7 heteroatoms. The number of amides is 3. The van der Waals surface area contributed by atoms with Gasteiger partial charge in [-0.3, -0.25) is 14.4 Å². The Labute approximate surface area is 183 Å². The Balaban J connectivity index is 1.56. The van der Waals surface area contributed by atoms with Gasteiger partial charge in [-0.15, -0.1) is 0 Å². The summed E-state index contributed by atoms with van der Waals surface area (Å²) in [5.41, 5.74) is 3.84. The van der Waals surface area contributed by atoms with Crippen LogP contribution in [0.2, 0.25) is 0 Å². The maximum Gasteiger partial charge on any atom is 0.280 e. The molecule has 0 saturated heterocycles. The minimum absolute atomic E-state index is 0.0822. The molecule has 0 bridgehead atoms. The quantitative estimate of drug-likeness (QED) is 0.631. The second kappa shape index (κ2) is 10.2. The van der Waals surface area contributed by atoms with Gasteiger partial charge in [0.15, 0.2) is 12.6 Å². The molecule has 0 radical (unpaired) electrons. The van der Waals surface area contributed by atoms with Crippen LogP contribution in [0.15, 0.2) is 48.5 Å². The van der Waals surface area contributed by atoms with Gasteiger partial charge in [0, 0.05) is 31.4 Å². The molecular formula is C24H31N4O3+. The summed E-state index contributed by atoms with van der Waals surface area (Å²) >= 11 is 0. The number of quaternary nitrogens is 1. The number of hydrogen-bond donors (Lipinski definition) is 3. The van der Waals surface area contributed by atoms with Gasteiger partial charge >= 0.3 is 0 Å². The molecular weight excluding hydrogens is 392 g/mol. The maximum absolute atomic E-state index is 13.1. The third-order valence-electron chi connectivity index (χ3n) is 5.76. The van der Waals surface area contributed by atoms with Crippen molar-refractivity contribution in [1.82, 2.24) is 4.90 Å². The van der Waals surface area contributed by atoms with Gasteiger partial charge in [0.1, 0.15) is 0 Å². The fourth-order valence-electron chi connectivity index (χ4n) is 3.97. The summed E-state index contributed by atoms with van der Waals surface area (Å²) in [6.07, 6.45) is 0.866. The van der Waals surface area contributed by atoms with E-state index in [4.69, 9.17) is 0 Å². The molecule has 3 amide bonds. The summed E-state index contributed by atoms with van der Waals surface area (Å²) in [4.78, 5) is 39.6. The molecule has 2 atom stereocenters. The molecule has 0 saturated carbocycles. The van der Waals surface area contributed by atoms with Gasteiger partial charge in [-0.05, 0) is 55.7 Å². The summed E-state index contributed by atoms with van der Waals surface area (Å²) in [6.45, 7) is 7.56. The summed E-state index contributed by atoms with van der Waals surface area (Å²) in [6, 6.07) is 14.9. The van der Waals surface area contributed by atoms with Crippen LogP contribution in [0.4, 0.5) is 11.4 Å². The third kappa shape index (κ3) is 5.92. The SMILES string of the molecule is CC[NH+](CC(=O)Nc1ccc(NC(C)=O)cc1)[C@H](C)C(=O)N1CCc2ccccc2C1. The van der Waals surface area contributed by atoms with Gasteiger partial charge in [-0.2, -0.15) is 0 Å². The largest absolute Gasteiger partial charge is 0.333 e. The standard InChI is InChI=1S/C24H30N4O3/c1-4-27(16-23(30)26-22-11-9-21(10-12-22)25-18(3)29)17(2)24(31)28-14-13-19-7-5-6-8-20(19)15-28/h5-12,17H,4,13-16H2,1-3H3,(H,25,29)(H,26,30)/p+1/t17-/m1/s1. The molecule has 7 nitrogen and oxygen atoms in total. The van der Waals surface area contributed by atoms with Crippen molar-refractivity contribution in [3.05, 3.63) is 59.7 Å². The highest BCUT2D eigenvalue weighted by molar-refractivity contribution is 5.93. The number of carbonyl (C=O) groups excluding carboxylic acids is 3. The van der Waals surface area contributed by atoms with E-state index in [-0.39, 0.29) is 30.3 Å². The lowest BCUT2D eigenvalue weighted by Gasteiger charge is -2.33. The minimum atomic E-state index is -0.303. The summed E-state index contributed by atoms with van der Waals surface area (Å²) in [5.74, 6) is -0.207.